The normalized spacial score (nSPS) is 17.9. The Kier molecular flexibility index (Phi) is 4.46. The van der Waals surface area contributed by atoms with E-state index >= 15 is 0 Å². The van der Waals surface area contributed by atoms with E-state index in [1.54, 1.807) is 12.1 Å². The maximum Gasteiger partial charge on any atom is 0.242 e. The molecule has 0 saturated carbocycles. The number of para-hydroxylation sites is 1. The van der Waals surface area contributed by atoms with Crippen LogP contribution in [-0.4, -0.2) is 56.1 Å². The van der Waals surface area contributed by atoms with E-state index in [-0.39, 0.29) is 11.0 Å². The number of aliphatic hydroxyl groups is 1. The first kappa shape index (κ1) is 18.0. The van der Waals surface area contributed by atoms with Crippen LogP contribution in [0.2, 0.25) is 0 Å². The van der Waals surface area contributed by atoms with Crippen LogP contribution >= 0.6 is 0 Å². The Balaban J connectivity index is 1.89. The minimum Gasteiger partial charge on any atom is -0.391 e. The number of sulfonamides is 1. The van der Waals surface area contributed by atoms with Gasteiger partial charge in [-0.1, -0.05) is 18.2 Å². The summed E-state index contributed by atoms with van der Waals surface area (Å²) in [6.45, 7) is 1.29. The molecular formula is C20H23N3O3S. The smallest absolute Gasteiger partial charge is 0.242 e. The van der Waals surface area contributed by atoms with Crippen LogP contribution in [0.1, 0.15) is 6.42 Å². The highest BCUT2D eigenvalue weighted by atomic mass is 32.2. The number of nitrogens with zero attached hydrogens (tertiary/aromatic N) is 2. The highest BCUT2D eigenvalue weighted by Crippen LogP contribution is 2.36. The van der Waals surface area contributed by atoms with E-state index in [0.29, 0.717) is 13.0 Å². The Bertz CT molecular complexity index is 1060. The summed E-state index contributed by atoms with van der Waals surface area (Å²) in [6.07, 6.45) is 0.356. The van der Waals surface area contributed by atoms with E-state index in [9.17, 15) is 13.5 Å². The van der Waals surface area contributed by atoms with Crippen LogP contribution in [0.4, 0.5) is 5.69 Å². The zero-order chi connectivity index (χ0) is 19.2. The SMILES string of the molecule is CN(C)S(=O)(=O)c1ccc(N2CCC(O)C2)c(-c2cc3ccccc3[nH]2)c1. The maximum absolute atomic E-state index is 12.6. The molecule has 0 bridgehead atoms. The number of H-pyrrole nitrogens is 1. The second-order valence-electron chi connectivity index (χ2n) is 7.13. The third-order valence-electron chi connectivity index (χ3n) is 5.07. The lowest BCUT2D eigenvalue weighted by Crippen LogP contribution is -2.24. The average molecular weight is 385 g/mol. The molecule has 2 aromatic carbocycles. The molecule has 1 unspecified atom stereocenters. The molecule has 0 radical (unpaired) electrons. The van der Waals surface area contributed by atoms with Crippen molar-refractivity contribution in [2.45, 2.75) is 17.4 Å². The Morgan fingerprint density at radius 3 is 2.59 bits per heavy atom. The van der Waals surface area contributed by atoms with Crippen molar-refractivity contribution in [3.8, 4) is 11.3 Å². The van der Waals surface area contributed by atoms with Crippen LogP contribution in [0.15, 0.2) is 53.4 Å². The van der Waals surface area contributed by atoms with E-state index in [1.165, 1.54) is 18.4 Å². The Morgan fingerprint density at radius 2 is 1.93 bits per heavy atom. The first-order valence-corrected chi connectivity index (χ1v) is 10.4. The number of rotatable bonds is 4. The minimum absolute atomic E-state index is 0.254. The molecule has 1 atom stereocenters. The second-order valence-corrected chi connectivity index (χ2v) is 9.28. The van der Waals surface area contributed by atoms with Crippen LogP contribution in [0.25, 0.3) is 22.2 Å². The zero-order valence-electron chi connectivity index (χ0n) is 15.4. The third-order valence-corrected chi connectivity index (χ3v) is 6.88. The van der Waals surface area contributed by atoms with Crippen molar-refractivity contribution in [1.29, 1.82) is 0 Å². The van der Waals surface area contributed by atoms with Crippen molar-refractivity contribution < 1.29 is 13.5 Å². The summed E-state index contributed by atoms with van der Waals surface area (Å²) >= 11 is 0. The van der Waals surface area contributed by atoms with E-state index in [1.807, 2.05) is 36.4 Å². The summed E-state index contributed by atoms with van der Waals surface area (Å²) in [6, 6.07) is 15.2. The number of aromatic amines is 1. The van der Waals surface area contributed by atoms with Crippen LogP contribution in [-0.2, 0) is 10.0 Å². The molecule has 0 amide bonds. The average Bonchev–Trinajstić information content (AvgIpc) is 3.27. The van der Waals surface area contributed by atoms with Gasteiger partial charge < -0.3 is 15.0 Å². The van der Waals surface area contributed by atoms with Gasteiger partial charge in [0.05, 0.1) is 11.0 Å². The van der Waals surface area contributed by atoms with Gasteiger partial charge in [0.15, 0.2) is 0 Å². The van der Waals surface area contributed by atoms with Gasteiger partial charge in [0.25, 0.3) is 0 Å². The van der Waals surface area contributed by atoms with Gasteiger partial charge in [0.1, 0.15) is 0 Å². The van der Waals surface area contributed by atoms with Gasteiger partial charge in [0, 0.05) is 55.0 Å². The first-order chi connectivity index (χ1) is 12.9. The molecule has 1 aliphatic heterocycles. The summed E-state index contributed by atoms with van der Waals surface area (Å²) in [7, 11) is -0.476. The Hall–Kier alpha value is -2.35. The molecule has 0 aliphatic carbocycles. The van der Waals surface area contributed by atoms with Gasteiger partial charge in [-0.15, -0.1) is 0 Å². The molecule has 3 aromatic rings. The number of anilines is 1. The fourth-order valence-corrected chi connectivity index (χ4v) is 4.49. The standard InChI is InChI=1S/C20H23N3O3S/c1-22(2)27(25,26)16-7-8-20(23-10-9-15(24)13-23)17(12-16)19-11-14-5-3-4-6-18(14)21-19/h3-8,11-12,15,21,24H,9-10,13H2,1-2H3. The van der Waals surface area contributed by atoms with Gasteiger partial charge >= 0.3 is 0 Å². The van der Waals surface area contributed by atoms with E-state index in [0.717, 1.165) is 34.4 Å². The number of aliphatic hydroxyl groups excluding tert-OH is 1. The van der Waals surface area contributed by atoms with E-state index < -0.39 is 10.0 Å². The summed E-state index contributed by atoms with van der Waals surface area (Å²) in [5.74, 6) is 0. The van der Waals surface area contributed by atoms with Crippen LogP contribution in [0, 0.1) is 0 Å². The Labute approximate surface area is 159 Å². The van der Waals surface area contributed by atoms with Crippen molar-refractivity contribution in [1.82, 2.24) is 9.29 Å². The number of benzene rings is 2. The lowest BCUT2D eigenvalue weighted by atomic mass is 10.1. The topological polar surface area (TPSA) is 76.6 Å². The van der Waals surface area contributed by atoms with E-state index in [2.05, 4.69) is 9.88 Å². The highest BCUT2D eigenvalue weighted by molar-refractivity contribution is 7.89. The molecular weight excluding hydrogens is 362 g/mol. The predicted octanol–water partition coefficient (Wildman–Crippen LogP) is 2.66. The van der Waals surface area contributed by atoms with Crippen molar-refractivity contribution in [2.24, 2.45) is 0 Å². The molecule has 1 saturated heterocycles. The van der Waals surface area contributed by atoms with Crippen LogP contribution in [0.3, 0.4) is 0 Å². The van der Waals surface area contributed by atoms with Gasteiger partial charge in [-0.3, -0.25) is 0 Å². The van der Waals surface area contributed by atoms with E-state index in [4.69, 9.17) is 0 Å². The largest absolute Gasteiger partial charge is 0.391 e. The van der Waals surface area contributed by atoms with Gasteiger partial charge in [-0.2, -0.15) is 0 Å². The third kappa shape index (κ3) is 3.22. The van der Waals surface area contributed by atoms with Crippen LogP contribution < -0.4 is 4.90 Å². The Morgan fingerprint density at radius 1 is 1.15 bits per heavy atom. The molecule has 142 valence electrons. The molecule has 1 fully saturated rings. The number of hydrogen-bond acceptors (Lipinski definition) is 4. The molecule has 0 spiro atoms. The highest BCUT2D eigenvalue weighted by Gasteiger charge is 2.25. The van der Waals surface area contributed by atoms with Crippen molar-refractivity contribution in [3.05, 3.63) is 48.5 Å². The monoisotopic (exact) mass is 385 g/mol. The second kappa shape index (κ2) is 6.67. The number of fused-ring (bicyclic) bond motifs is 1. The fraction of sp³-hybridized carbons (Fsp3) is 0.300. The summed E-state index contributed by atoms with van der Waals surface area (Å²) in [5, 5.41) is 11.0. The zero-order valence-corrected chi connectivity index (χ0v) is 16.2. The summed E-state index contributed by atoms with van der Waals surface area (Å²) in [5.41, 5.74) is 3.61. The fourth-order valence-electron chi connectivity index (χ4n) is 3.56. The summed E-state index contributed by atoms with van der Waals surface area (Å²) in [4.78, 5) is 5.76. The number of aromatic nitrogens is 1. The van der Waals surface area contributed by atoms with Crippen LogP contribution in [0.5, 0.6) is 0 Å². The lowest BCUT2D eigenvalue weighted by Gasteiger charge is -2.22. The molecule has 1 aliphatic rings. The molecule has 7 heteroatoms. The lowest BCUT2D eigenvalue weighted by molar-refractivity contribution is 0.198. The van der Waals surface area contributed by atoms with Crippen molar-refractivity contribution in [3.63, 3.8) is 0 Å². The number of hydrogen-bond donors (Lipinski definition) is 2. The quantitative estimate of drug-likeness (QED) is 0.724. The van der Waals surface area contributed by atoms with Crippen molar-refractivity contribution in [2.75, 3.05) is 32.1 Å². The van der Waals surface area contributed by atoms with Crippen molar-refractivity contribution >= 4 is 26.6 Å². The number of β-amino-alcohol motifs (C(OH)–C–C–N with tert-alkyl or cyclic N) is 1. The maximum atomic E-state index is 12.6. The van der Waals surface area contributed by atoms with Gasteiger partial charge in [0.2, 0.25) is 10.0 Å². The van der Waals surface area contributed by atoms with Gasteiger partial charge in [-0.05, 0) is 36.8 Å². The summed E-state index contributed by atoms with van der Waals surface area (Å²) < 4.78 is 26.5. The molecule has 4 rings (SSSR count). The number of nitrogens with one attached hydrogen (secondary N) is 1. The molecule has 2 heterocycles. The molecule has 1 aromatic heterocycles. The predicted molar refractivity (Wildman–Crippen MR) is 107 cm³/mol. The molecule has 2 N–H and O–H groups in total. The molecule has 6 nitrogen and oxygen atoms in total. The molecule has 27 heavy (non-hydrogen) atoms. The minimum atomic E-state index is -3.54. The van der Waals surface area contributed by atoms with Gasteiger partial charge in [-0.25, -0.2) is 12.7 Å². The first-order valence-electron chi connectivity index (χ1n) is 8.94.